The lowest BCUT2D eigenvalue weighted by atomic mass is 10.2. The monoisotopic (exact) mass is 384 g/mol. The molecule has 1 unspecified atom stereocenters. The van der Waals surface area contributed by atoms with E-state index in [1.54, 1.807) is 32.9 Å². The lowest BCUT2D eigenvalue weighted by Crippen LogP contribution is -2.45. The number of halogens is 1. The molecule has 0 aromatic heterocycles. The molecule has 0 aliphatic carbocycles. The van der Waals surface area contributed by atoms with Crippen LogP contribution in [0.25, 0.3) is 0 Å². The number of hydrogen-bond acceptors (Lipinski definition) is 5. The van der Waals surface area contributed by atoms with Gasteiger partial charge in [0, 0.05) is 12.6 Å². The molecule has 1 aliphatic rings. The molecule has 1 atom stereocenters. The fraction of sp³-hybridized carbons (Fsp3) is 0.556. The number of hydrogen-bond donors (Lipinski definition) is 1. The topological polar surface area (TPSA) is 77.1 Å². The molecule has 0 radical (unpaired) electrons. The van der Waals surface area contributed by atoms with Crippen molar-refractivity contribution < 1.29 is 23.8 Å². The van der Waals surface area contributed by atoms with Gasteiger partial charge in [0.15, 0.2) is 0 Å². The van der Waals surface area contributed by atoms with E-state index < -0.39 is 17.7 Å². The molecule has 144 valence electrons. The fourth-order valence-corrected chi connectivity index (χ4v) is 2.99. The summed E-state index contributed by atoms with van der Waals surface area (Å²) >= 11 is 6.14. The minimum Gasteiger partial charge on any atom is -0.495 e. The van der Waals surface area contributed by atoms with Gasteiger partial charge in [-0.25, -0.2) is 4.79 Å². The number of likely N-dealkylation sites (tertiary alicyclic amines) is 1. The van der Waals surface area contributed by atoms with Gasteiger partial charge in [-0.15, -0.1) is 0 Å². The third-order valence-electron chi connectivity index (χ3n) is 3.92. The van der Waals surface area contributed by atoms with Crippen molar-refractivity contribution in [2.24, 2.45) is 0 Å². The number of anilines is 1. The zero-order valence-corrected chi connectivity index (χ0v) is 16.5. The first-order valence-electron chi connectivity index (χ1n) is 8.38. The number of carbonyl (C=O) groups is 2. The number of nitrogens with one attached hydrogen (secondary N) is 1. The molecular weight excluding hydrogens is 360 g/mol. The summed E-state index contributed by atoms with van der Waals surface area (Å²) in [7, 11) is 2.98. The molecule has 1 N–H and O–H groups in total. The van der Waals surface area contributed by atoms with Gasteiger partial charge in [-0.2, -0.15) is 0 Å². The Bertz CT molecular complexity index is 687. The summed E-state index contributed by atoms with van der Waals surface area (Å²) in [5.41, 5.74) is -0.202. The predicted molar refractivity (Wildman–Crippen MR) is 99.1 cm³/mol. The summed E-state index contributed by atoms with van der Waals surface area (Å²) in [4.78, 5) is 26.5. The van der Waals surface area contributed by atoms with E-state index in [0.29, 0.717) is 35.2 Å². The van der Waals surface area contributed by atoms with Gasteiger partial charge in [0.1, 0.15) is 23.1 Å². The van der Waals surface area contributed by atoms with Crippen LogP contribution in [-0.4, -0.2) is 49.3 Å². The summed E-state index contributed by atoms with van der Waals surface area (Å²) in [5.74, 6) is 0.548. The minimum atomic E-state index is -0.618. The van der Waals surface area contributed by atoms with Crippen molar-refractivity contribution in [2.45, 2.75) is 45.3 Å². The molecule has 1 saturated heterocycles. The van der Waals surface area contributed by atoms with Crippen LogP contribution in [0, 0.1) is 0 Å². The van der Waals surface area contributed by atoms with Crippen LogP contribution in [-0.2, 0) is 9.53 Å². The molecular formula is C18H25ClN2O5. The van der Waals surface area contributed by atoms with E-state index >= 15 is 0 Å². The molecule has 2 amide bonds. The number of nitrogens with zero attached hydrogens (tertiary/aromatic N) is 1. The van der Waals surface area contributed by atoms with Gasteiger partial charge < -0.3 is 19.5 Å². The van der Waals surface area contributed by atoms with E-state index in [2.05, 4.69) is 5.32 Å². The number of amides is 2. The molecule has 0 saturated carbocycles. The van der Waals surface area contributed by atoms with Crippen molar-refractivity contribution in [3.05, 3.63) is 17.2 Å². The molecule has 7 nitrogen and oxygen atoms in total. The fourth-order valence-electron chi connectivity index (χ4n) is 2.75. The molecule has 1 aliphatic heterocycles. The minimum absolute atomic E-state index is 0.312. The summed E-state index contributed by atoms with van der Waals surface area (Å²) < 4.78 is 15.8. The Kier molecular flexibility index (Phi) is 6.23. The van der Waals surface area contributed by atoms with Crippen LogP contribution in [0.5, 0.6) is 11.5 Å². The first-order valence-corrected chi connectivity index (χ1v) is 8.76. The van der Waals surface area contributed by atoms with Crippen LogP contribution in [0.2, 0.25) is 5.02 Å². The van der Waals surface area contributed by atoms with Gasteiger partial charge in [0.05, 0.1) is 24.9 Å². The Labute approximate surface area is 158 Å². The number of rotatable bonds is 4. The Morgan fingerprint density at radius 2 is 1.85 bits per heavy atom. The van der Waals surface area contributed by atoms with E-state index in [1.807, 2.05) is 0 Å². The highest BCUT2D eigenvalue weighted by molar-refractivity contribution is 6.32. The molecule has 1 aromatic rings. The van der Waals surface area contributed by atoms with E-state index in [-0.39, 0.29) is 5.91 Å². The molecule has 8 heteroatoms. The second-order valence-corrected chi connectivity index (χ2v) is 7.42. The van der Waals surface area contributed by atoms with E-state index in [4.69, 9.17) is 25.8 Å². The molecule has 2 rings (SSSR count). The van der Waals surface area contributed by atoms with Crippen molar-refractivity contribution >= 4 is 29.3 Å². The molecule has 1 aromatic carbocycles. The number of carbonyl (C=O) groups excluding carboxylic acids is 2. The summed E-state index contributed by atoms with van der Waals surface area (Å²) in [6.07, 6.45) is 0.810. The maximum absolute atomic E-state index is 12.7. The second kappa shape index (κ2) is 8.03. The van der Waals surface area contributed by atoms with Crippen LogP contribution in [0.15, 0.2) is 12.1 Å². The quantitative estimate of drug-likeness (QED) is 0.856. The van der Waals surface area contributed by atoms with Crippen molar-refractivity contribution in [3.8, 4) is 11.5 Å². The van der Waals surface area contributed by atoms with Gasteiger partial charge in [-0.3, -0.25) is 9.69 Å². The molecule has 0 bridgehead atoms. The molecule has 26 heavy (non-hydrogen) atoms. The highest BCUT2D eigenvalue weighted by atomic mass is 35.5. The van der Waals surface area contributed by atoms with Crippen molar-refractivity contribution in [3.63, 3.8) is 0 Å². The summed E-state index contributed by atoms with van der Waals surface area (Å²) in [5, 5.41) is 3.14. The van der Waals surface area contributed by atoms with E-state index in [0.717, 1.165) is 6.42 Å². The van der Waals surface area contributed by atoms with Gasteiger partial charge in [-0.1, -0.05) is 11.6 Å². The smallest absolute Gasteiger partial charge is 0.410 e. The standard InChI is InChI=1S/C18H25ClN2O5/c1-18(2,3)26-17(23)21-8-6-7-13(21)16(22)20-12-9-11(19)14(24-4)10-15(12)25-5/h9-10,13H,6-8H2,1-5H3,(H,20,22). The predicted octanol–water partition coefficient (Wildman–Crippen LogP) is 3.70. The van der Waals surface area contributed by atoms with Gasteiger partial charge in [0.25, 0.3) is 0 Å². The number of methoxy groups -OCH3 is 2. The van der Waals surface area contributed by atoms with Gasteiger partial charge in [-0.05, 0) is 39.7 Å². The lowest BCUT2D eigenvalue weighted by molar-refractivity contribution is -0.120. The Balaban J connectivity index is 2.16. The number of benzene rings is 1. The van der Waals surface area contributed by atoms with Gasteiger partial charge in [0.2, 0.25) is 5.91 Å². The van der Waals surface area contributed by atoms with Crippen LogP contribution in [0.3, 0.4) is 0 Å². The van der Waals surface area contributed by atoms with E-state index in [1.165, 1.54) is 19.1 Å². The van der Waals surface area contributed by atoms with Crippen LogP contribution in [0.4, 0.5) is 10.5 Å². The summed E-state index contributed by atoms with van der Waals surface area (Å²) in [6, 6.07) is 2.55. The normalized spacial score (nSPS) is 17.0. The van der Waals surface area contributed by atoms with Crippen LogP contribution in [0.1, 0.15) is 33.6 Å². The second-order valence-electron chi connectivity index (χ2n) is 7.01. The van der Waals surface area contributed by atoms with Crippen molar-refractivity contribution in [2.75, 3.05) is 26.1 Å². The average molecular weight is 385 g/mol. The zero-order chi connectivity index (χ0) is 19.5. The van der Waals surface area contributed by atoms with Crippen LogP contribution >= 0.6 is 11.6 Å². The highest BCUT2D eigenvalue weighted by Gasteiger charge is 2.36. The Hall–Kier alpha value is -2.15. The lowest BCUT2D eigenvalue weighted by Gasteiger charge is -2.28. The Morgan fingerprint density at radius 1 is 1.19 bits per heavy atom. The molecule has 0 spiro atoms. The highest BCUT2D eigenvalue weighted by Crippen LogP contribution is 2.36. The maximum Gasteiger partial charge on any atom is 0.410 e. The van der Waals surface area contributed by atoms with Crippen LogP contribution < -0.4 is 14.8 Å². The zero-order valence-electron chi connectivity index (χ0n) is 15.7. The average Bonchev–Trinajstić information content (AvgIpc) is 3.03. The Morgan fingerprint density at radius 3 is 2.42 bits per heavy atom. The molecule has 1 heterocycles. The first-order chi connectivity index (χ1) is 12.2. The summed E-state index contributed by atoms with van der Waals surface area (Å²) in [6.45, 7) is 5.86. The molecule has 1 fully saturated rings. The number of ether oxygens (including phenoxy) is 3. The third kappa shape index (κ3) is 4.72. The largest absolute Gasteiger partial charge is 0.495 e. The van der Waals surface area contributed by atoms with Crippen molar-refractivity contribution in [1.82, 2.24) is 4.90 Å². The SMILES string of the molecule is COc1cc(OC)c(NC(=O)C2CCCN2C(=O)OC(C)(C)C)cc1Cl. The maximum atomic E-state index is 12.7. The van der Waals surface area contributed by atoms with Gasteiger partial charge >= 0.3 is 6.09 Å². The first kappa shape index (κ1) is 20.2. The van der Waals surface area contributed by atoms with Crippen molar-refractivity contribution in [1.29, 1.82) is 0 Å². The third-order valence-corrected chi connectivity index (χ3v) is 4.21. The van der Waals surface area contributed by atoms with E-state index in [9.17, 15) is 9.59 Å².